The highest BCUT2D eigenvalue weighted by molar-refractivity contribution is 6.31. The van der Waals surface area contributed by atoms with Gasteiger partial charge in [-0.1, -0.05) is 23.7 Å². The van der Waals surface area contributed by atoms with Crippen LogP contribution in [0, 0.1) is 5.82 Å². The van der Waals surface area contributed by atoms with E-state index in [9.17, 15) is 14.0 Å². The van der Waals surface area contributed by atoms with Gasteiger partial charge in [0.05, 0.1) is 29.3 Å². The second-order valence-electron chi connectivity index (χ2n) is 7.12. The van der Waals surface area contributed by atoms with Gasteiger partial charge in [0.1, 0.15) is 23.9 Å². The second kappa shape index (κ2) is 8.40. The van der Waals surface area contributed by atoms with E-state index < -0.39 is 23.7 Å². The van der Waals surface area contributed by atoms with Crippen LogP contribution in [0.3, 0.4) is 0 Å². The van der Waals surface area contributed by atoms with Crippen LogP contribution in [0.4, 0.5) is 4.39 Å². The summed E-state index contributed by atoms with van der Waals surface area (Å²) in [4.78, 5) is 26.9. The molecule has 1 heterocycles. The smallest absolute Gasteiger partial charge is 0.262 e. The third-order valence-corrected chi connectivity index (χ3v) is 5.64. The number of ether oxygens (including phenoxy) is 2. The van der Waals surface area contributed by atoms with Gasteiger partial charge in [-0.15, -0.1) is 0 Å². The highest BCUT2D eigenvalue weighted by Crippen LogP contribution is 2.35. The van der Waals surface area contributed by atoms with Crippen LogP contribution in [-0.2, 0) is 6.61 Å². The fraction of sp³-hybridized carbons (Fsp3) is 0.167. The number of benzene rings is 3. The molecule has 3 aromatic rings. The Morgan fingerprint density at radius 2 is 1.55 bits per heavy atom. The van der Waals surface area contributed by atoms with Crippen molar-refractivity contribution in [1.82, 2.24) is 4.90 Å². The lowest BCUT2D eigenvalue weighted by molar-refractivity contribution is 0.0593. The van der Waals surface area contributed by atoms with Crippen molar-refractivity contribution in [2.24, 2.45) is 0 Å². The summed E-state index contributed by atoms with van der Waals surface area (Å²) in [6.45, 7) is 1.71. The minimum Gasteiger partial charge on any atom is -0.497 e. The van der Waals surface area contributed by atoms with E-state index in [-0.39, 0.29) is 11.6 Å². The number of nitrogens with zero attached hydrogens (tertiary/aromatic N) is 1. The number of fused-ring (bicyclic) bond motifs is 1. The van der Waals surface area contributed by atoms with Gasteiger partial charge in [0.15, 0.2) is 0 Å². The number of halogens is 2. The van der Waals surface area contributed by atoms with Crippen molar-refractivity contribution in [2.45, 2.75) is 19.6 Å². The van der Waals surface area contributed by atoms with E-state index >= 15 is 0 Å². The molecule has 4 rings (SSSR count). The first-order valence-corrected chi connectivity index (χ1v) is 10.00. The van der Waals surface area contributed by atoms with Gasteiger partial charge < -0.3 is 9.47 Å². The topological polar surface area (TPSA) is 55.8 Å². The van der Waals surface area contributed by atoms with Crippen LogP contribution in [0.1, 0.15) is 44.8 Å². The molecule has 1 unspecified atom stereocenters. The number of methoxy groups -OCH3 is 1. The van der Waals surface area contributed by atoms with Crippen LogP contribution in [-0.4, -0.2) is 23.8 Å². The largest absolute Gasteiger partial charge is 0.497 e. The normalized spacial score (nSPS) is 13.9. The Labute approximate surface area is 184 Å². The van der Waals surface area contributed by atoms with Crippen molar-refractivity contribution in [3.05, 3.63) is 93.8 Å². The quantitative estimate of drug-likeness (QED) is 0.481. The first-order chi connectivity index (χ1) is 14.9. The molecule has 0 aromatic heterocycles. The summed E-state index contributed by atoms with van der Waals surface area (Å²) in [5.74, 6) is -0.143. The van der Waals surface area contributed by atoms with Gasteiger partial charge in [-0.3, -0.25) is 14.5 Å². The highest BCUT2D eigenvalue weighted by Gasteiger charge is 2.39. The van der Waals surface area contributed by atoms with Crippen molar-refractivity contribution in [1.29, 1.82) is 0 Å². The molecule has 0 radical (unpaired) electrons. The van der Waals surface area contributed by atoms with Crippen molar-refractivity contribution in [3.8, 4) is 11.5 Å². The van der Waals surface area contributed by atoms with Crippen LogP contribution in [0.25, 0.3) is 0 Å². The predicted octanol–water partition coefficient (Wildman–Crippen LogP) is 5.42. The van der Waals surface area contributed by atoms with Gasteiger partial charge in [-0.2, -0.15) is 0 Å². The summed E-state index contributed by atoms with van der Waals surface area (Å²) in [6.07, 6.45) is 0. The Morgan fingerprint density at radius 3 is 2.13 bits per heavy atom. The zero-order valence-electron chi connectivity index (χ0n) is 16.9. The molecule has 0 aliphatic carbocycles. The van der Waals surface area contributed by atoms with Crippen molar-refractivity contribution < 1.29 is 23.5 Å². The summed E-state index contributed by atoms with van der Waals surface area (Å²) in [5.41, 5.74) is 1.58. The van der Waals surface area contributed by atoms with E-state index in [0.717, 1.165) is 4.90 Å². The third kappa shape index (κ3) is 3.86. The maximum absolute atomic E-state index is 14.2. The number of hydrogen-bond donors (Lipinski definition) is 0. The van der Waals surface area contributed by atoms with E-state index in [1.807, 2.05) is 0 Å². The van der Waals surface area contributed by atoms with Gasteiger partial charge in [-0.05, 0) is 61.0 Å². The number of carbonyl (C=O) groups is 2. The molecular weight excluding hydrogens is 421 g/mol. The second-order valence-corrected chi connectivity index (χ2v) is 7.53. The van der Waals surface area contributed by atoms with Crippen molar-refractivity contribution >= 4 is 23.4 Å². The molecule has 31 heavy (non-hydrogen) atoms. The summed E-state index contributed by atoms with van der Waals surface area (Å²) in [5, 5.41) is 0.159. The molecule has 0 spiro atoms. The molecule has 0 saturated heterocycles. The Bertz CT molecular complexity index is 1130. The zero-order chi connectivity index (χ0) is 22.1. The summed E-state index contributed by atoms with van der Waals surface area (Å²) >= 11 is 6.33. The lowest BCUT2D eigenvalue weighted by atomic mass is 10.00. The fourth-order valence-electron chi connectivity index (χ4n) is 3.67. The average Bonchev–Trinajstić information content (AvgIpc) is 3.03. The highest BCUT2D eigenvalue weighted by atomic mass is 35.5. The lowest BCUT2D eigenvalue weighted by Gasteiger charge is -2.26. The predicted molar refractivity (Wildman–Crippen MR) is 114 cm³/mol. The molecule has 2 amide bonds. The van der Waals surface area contributed by atoms with Gasteiger partial charge in [0.2, 0.25) is 0 Å². The number of amides is 2. The van der Waals surface area contributed by atoms with E-state index in [4.69, 9.17) is 21.1 Å². The van der Waals surface area contributed by atoms with Crippen LogP contribution in [0.5, 0.6) is 11.5 Å². The minimum atomic E-state index is -0.741. The summed E-state index contributed by atoms with van der Waals surface area (Å²) < 4.78 is 25.2. The number of carbonyl (C=O) groups excluding carboxylic acids is 2. The summed E-state index contributed by atoms with van der Waals surface area (Å²) in [6, 6.07) is 15.3. The van der Waals surface area contributed by atoms with Gasteiger partial charge in [0.25, 0.3) is 11.8 Å². The molecular formula is C24H19ClFNO4. The van der Waals surface area contributed by atoms with Crippen molar-refractivity contribution in [3.63, 3.8) is 0 Å². The van der Waals surface area contributed by atoms with E-state index in [0.29, 0.717) is 33.8 Å². The monoisotopic (exact) mass is 439 g/mol. The number of imide groups is 1. The first-order valence-electron chi connectivity index (χ1n) is 9.62. The Hall–Kier alpha value is -3.38. The molecule has 1 aliphatic heterocycles. The average molecular weight is 440 g/mol. The molecule has 0 bridgehead atoms. The Balaban J connectivity index is 1.65. The standard InChI is InChI=1S/C24H19ClFNO4/c1-14(27-23(28)18-5-3-4-6-19(18)24(27)29)20-11-15(26)12-22(25)21(20)13-31-17-9-7-16(30-2)8-10-17/h3-12,14H,13H2,1-2H3. The van der Waals surface area contributed by atoms with E-state index in [2.05, 4.69) is 0 Å². The minimum absolute atomic E-state index is 0.0360. The third-order valence-electron chi connectivity index (χ3n) is 5.30. The SMILES string of the molecule is COc1ccc(OCc2c(Cl)cc(F)cc2C(C)N2C(=O)c3ccccc3C2=O)cc1. The van der Waals surface area contributed by atoms with Crippen LogP contribution < -0.4 is 9.47 Å². The van der Waals surface area contributed by atoms with Crippen molar-refractivity contribution in [2.75, 3.05) is 7.11 Å². The molecule has 0 N–H and O–H groups in total. The van der Waals surface area contributed by atoms with Crippen LogP contribution in [0.2, 0.25) is 5.02 Å². The van der Waals surface area contributed by atoms with Crippen LogP contribution in [0.15, 0.2) is 60.7 Å². The molecule has 7 heteroatoms. The number of rotatable bonds is 6. The molecule has 1 aliphatic rings. The molecule has 5 nitrogen and oxygen atoms in total. The molecule has 1 atom stereocenters. The number of hydrogen-bond acceptors (Lipinski definition) is 4. The molecule has 0 saturated carbocycles. The van der Waals surface area contributed by atoms with Crippen LogP contribution >= 0.6 is 11.6 Å². The maximum atomic E-state index is 14.2. The maximum Gasteiger partial charge on any atom is 0.262 e. The first kappa shape index (κ1) is 20.9. The molecule has 158 valence electrons. The zero-order valence-corrected chi connectivity index (χ0v) is 17.7. The Morgan fingerprint density at radius 1 is 0.968 bits per heavy atom. The van der Waals surface area contributed by atoms with E-state index in [1.165, 1.54) is 12.1 Å². The summed E-state index contributed by atoms with van der Waals surface area (Å²) in [7, 11) is 1.57. The lowest BCUT2D eigenvalue weighted by Crippen LogP contribution is -2.33. The van der Waals surface area contributed by atoms with Gasteiger partial charge in [0, 0.05) is 5.56 Å². The molecule has 0 fully saturated rings. The van der Waals surface area contributed by atoms with E-state index in [1.54, 1.807) is 62.6 Å². The Kier molecular flexibility index (Phi) is 5.65. The fourth-order valence-corrected chi connectivity index (χ4v) is 3.94. The molecule has 3 aromatic carbocycles. The van der Waals surface area contributed by atoms with Gasteiger partial charge in [-0.25, -0.2) is 4.39 Å². The van der Waals surface area contributed by atoms with Gasteiger partial charge >= 0.3 is 0 Å².